The molecule has 1 aromatic carbocycles. The van der Waals surface area contributed by atoms with Crippen LogP contribution in [0.5, 0.6) is 0 Å². The summed E-state index contributed by atoms with van der Waals surface area (Å²) in [7, 11) is 0. The summed E-state index contributed by atoms with van der Waals surface area (Å²) in [5.41, 5.74) is 3.48. The van der Waals surface area contributed by atoms with Crippen molar-refractivity contribution in [2.24, 2.45) is 0 Å². The first-order chi connectivity index (χ1) is 10.6. The zero-order valence-corrected chi connectivity index (χ0v) is 14.3. The van der Waals surface area contributed by atoms with E-state index in [0.29, 0.717) is 21.1 Å². The summed E-state index contributed by atoms with van der Waals surface area (Å²) < 4.78 is 5.46. The first kappa shape index (κ1) is 16.0. The highest BCUT2D eigenvalue weighted by atomic mass is 35.5. The highest BCUT2D eigenvalue weighted by Crippen LogP contribution is 2.44. The molecule has 116 valence electrons. The van der Waals surface area contributed by atoms with Gasteiger partial charge in [-0.15, -0.1) is 5.10 Å². The number of hydrogen-bond donors (Lipinski definition) is 0. The summed E-state index contributed by atoms with van der Waals surface area (Å²) in [5.74, 6) is 0.323. The maximum atomic E-state index is 6.38. The monoisotopic (exact) mass is 356 g/mol. The highest BCUT2D eigenvalue weighted by molar-refractivity contribution is 6.41. The Hall–Kier alpha value is -0.870. The van der Waals surface area contributed by atoms with Gasteiger partial charge in [0.15, 0.2) is 5.15 Å². The minimum Gasteiger partial charge on any atom is -0.381 e. The lowest BCUT2D eigenvalue weighted by molar-refractivity contribution is 0.0852. The second kappa shape index (κ2) is 6.71. The van der Waals surface area contributed by atoms with Crippen molar-refractivity contribution in [3.05, 3.63) is 44.7 Å². The smallest absolute Gasteiger partial charge is 0.159 e. The molecule has 0 atom stereocenters. The van der Waals surface area contributed by atoms with Gasteiger partial charge >= 0.3 is 0 Å². The van der Waals surface area contributed by atoms with Gasteiger partial charge in [0.05, 0.1) is 15.7 Å². The summed E-state index contributed by atoms with van der Waals surface area (Å²) in [5, 5.41) is 9.72. The van der Waals surface area contributed by atoms with Gasteiger partial charge in [-0.05, 0) is 43.4 Å². The summed E-state index contributed by atoms with van der Waals surface area (Å²) in [4.78, 5) is 0. The Morgan fingerprint density at radius 3 is 2.27 bits per heavy atom. The van der Waals surface area contributed by atoms with Gasteiger partial charge in [-0.3, -0.25) is 0 Å². The topological polar surface area (TPSA) is 35.0 Å². The molecular weight excluding hydrogens is 343 g/mol. The van der Waals surface area contributed by atoms with Gasteiger partial charge in [-0.1, -0.05) is 40.9 Å². The molecule has 1 aliphatic heterocycles. The summed E-state index contributed by atoms with van der Waals surface area (Å²) in [6, 6.07) is 5.43. The van der Waals surface area contributed by atoms with Crippen LogP contribution >= 0.6 is 34.8 Å². The van der Waals surface area contributed by atoms with Crippen LogP contribution in [-0.2, 0) is 4.74 Å². The van der Waals surface area contributed by atoms with Crippen molar-refractivity contribution in [3.8, 4) is 11.1 Å². The molecule has 2 aromatic rings. The zero-order valence-electron chi connectivity index (χ0n) is 12.1. The van der Waals surface area contributed by atoms with Gasteiger partial charge in [-0.2, -0.15) is 5.10 Å². The van der Waals surface area contributed by atoms with Gasteiger partial charge in [0.25, 0.3) is 0 Å². The van der Waals surface area contributed by atoms with E-state index in [9.17, 15) is 0 Å². The summed E-state index contributed by atoms with van der Waals surface area (Å²) in [6.07, 6.45) is 1.86. The van der Waals surface area contributed by atoms with E-state index in [1.165, 1.54) is 0 Å². The Bertz CT molecular complexity index is 680. The lowest BCUT2D eigenvalue weighted by atomic mass is 9.86. The SMILES string of the molecule is Cc1nnc(Cl)c(-c2c(Cl)cccc2Cl)c1C1CCOCC1. The number of ether oxygens (including phenoxy) is 1. The minimum atomic E-state index is 0.323. The Kier molecular flexibility index (Phi) is 4.88. The number of hydrogen-bond acceptors (Lipinski definition) is 3. The molecule has 0 N–H and O–H groups in total. The summed E-state index contributed by atoms with van der Waals surface area (Å²) in [6.45, 7) is 3.42. The van der Waals surface area contributed by atoms with Crippen molar-refractivity contribution in [1.29, 1.82) is 0 Å². The third kappa shape index (κ3) is 2.95. The van der Waals surface area contributed by atoms with Crippen LogP contribution in [0.1, 0.15) is 30.0 Å². The van der Waals surface area contributed by atoms with E-state index in [0.717, 1.165) is 48.4 Å². The van der Waals surface area contributed by atoms with Crippen molar-refractivity contribution in [2.45, 2.75) is 25.7 Å². The van der Waals surface area contributed by atoms with Crippen LogP contribution < -0.4 is 0 Å². The van der Waals surface area contributed by atoms with E-state index in [-0.39, 0.29) is 0 Å². The number of rotatable bonds is 2. The fourth-order valence-electron chi connectivity index (χ4n) is 2.98. The van der Waals surface area contributed by atoms with Crippen molar-refractivity contribution in [3.63, 3.8) is 0 Å². The van der Waals surface area contributed by atoms with Crippen LogP contribution in [0.3, 0.4) is 0 Å². The van der Waals surface area contributed by atoms with E-state index >= 15 is 0 Å². The molecule has 1 fully saturated rings. The molecule has 0 spiro atoms. The molecule has 3 nitrogen and oxygen atoms in total. The van der Waals surface area contributed by atoms with E-state index in [2.05, 4.69) is 10.2 Å². The second-order valence-electron chi connectivity index (χ2n) is 5.35. The molecule has 0 amide bonds. The quantitative estimate of drug-likeness (QED) is 0.731. The lowest BCUT2D eigenvalue weighted by Crippen LogP contribution is -2.17. The molecule has 1 saturated heterocycles. The van der Waals surface area contributed by atoms with Gasteiger partial charge < -0.3 is 4.74 Å². The van der Waals surface area contributed by atoms with E-state index in [1.54, 1.807) is 0 Å². The molecule has 2 heterocycles. The first-order valence-corrected chi connectivity index (χ1v) is 8.27. The zero-order chi connectivity index (χ0) is 15.7. The van der Waals surface area contributed by atoms with Gasteiger partial charge in [0, 0.05) is 24.3 Å². The fourth-order valence-corrected chi connectivity index (χ4v) is 3.80. The van der Waals surface area contributed by atoms with Crippen LogP contribution in [0.2, 0.25) is 15.2 Å². The van der Waals surface area contributed by atoms with Crippen LogP contribution in [-0.4, -0.2) is 23.4 Å². The second-order valence-corrected chi connectivity index (χ2v) is 6.52. The Morgan fingerprint density at radius 1 is 1.00 bits per heavy atom. The molecule has 1 aromatic heterocycles. The molecular formula is C16H15Cl3N2O. The average Bonchev–Trinajstić information content (AvgIpc) is 2.51. The van der Waals surface area contributed by atoms with Crippen molar-refractivity contribution < 1.29 is 4.74 Å². The first-order valence-electron chi connectivity index (χ1n) is 7.14. The van der Waals surface area contributed by atoms with Crippen LogP contribution in [0.4, 0.5) is 0 Å². The third-order valence-corrected chi connectivity index (χ3v) is 4.89. The number of benzene rings is 1. The molecule has 3 rings (SSSR count). The third-order valence-electron chi connectivity index (χ3n) is 4.00. The molecule has 0 radical (unpaired) electrons. The van der Waals surface area contributed by atoms with Crippen molar-refractivity contribution in [1.82, 2.24) is 10.2 Å². The van der Waals surface area contributed by atoms with Crippen LogP contribution in [0, 0.1) is 6.92 Å². The molecule has 6 heteroatoms. The predicted molar refractivity (Wildman–Crippen MR) is 90.0 cm³/mol. The van der Waals surface area contributed by atoms with E-state index in [4.69, 9.17) is 39.5 Å². The Morgan fingerprint density at radius 2 is 1.64 bits per heavy atom. The standard InChI is InChI=1S/C16H15Cl3N2O/c1-9-13(10-5-7-22-8-6-10)15(16(19)21-20-9)14-11(17)3-2-4-12(14)18/h2-4,10H,5-8H2,1H3. The van der Waals surface area contributed by atoms with Crippen molar-refractivity contribution in [2.75, 3.05) is 13.2 Å². The Labute approximate surface area is 144 Å². The maximum absolute atomic E-state index is 6.38. The number of aromatic nitrogens is 2. The van der Waals surface area contributed by atoms with E-state index < -0.39 is 0 Å². The molecule has 0 unspecified atom stereocenters. The molecule has 0 aliphatic carbocycles. The molecule has 1 aliphatic rings. The normalized spacial score (nSPS) is 16.0. The van der Waals surface area contributed by atoms with Gasteiger partial charge in [-0.25, -0.2) is 0 Å². The number of aryl methyl sites for hydroxylation is 1. The van der Waals surface area contributed by atoms with Gasteiger partial charge in [0.2, 0.25) is 0 Å². The number of halogens is 3. The maximum Gasteiger partial charge on any atom is 0.159 e. The highest BCUT2D eigenvalue weighted by Gasteiger charge is 2.26. The minimum absolute atomic E-state index is 0.323. The lowest BCUT2D eigenvalue weighted by Gasteiger charge is -2.26. The van der Waals surface area contributed by atoms with Crippen LogP contribution in [0.15, 0.2) is 18.2 Å². The van der Waals surface area contributed by atoms with Crippen molar-refractivity contribution >= 4 is 34.8 Å². The van der Waals surface area contributed by atoms with Crippen LogP contribution in [0.25, 0.3) is 11.1 Å². The fraction of sp³-hybridized carbons (Fsp3) is 0.375. The summed E-state index contributed by atoms with van der Waals surface area (Å²) >= 11 is 19.1. The largest absolute Gasteiger partial charge is 0.381 e. The molecule has 0 saturated carbocycles. The predicted octanol–water partition coefficient (Wildman–Crippen LogP) is 5.31. The van der Waals surface area contributed by atoms with E-state index in [1.807, 2.05) is 25.1 Å². The Balaban J connectivity index is 2.24. The number of nitrogens with zero attached hydrogens (tertiary/aromatic N) is 2. The average molecular weight is 358 g/mol. The van der Waals surface area contributed by atoms with Gasteiger partial charge in [0.1, 0.15) is 0 Å². The molecule has 22 heavy (non-hydrogen) atoms. The molecule has 0 bridgehead atoms.